The molecule has 4 rings (SSSR count). The molecule has 0 aliphatic heterocycles. The molecule has 276 valence electrons. The lowest BCUT2D eigenvalue weighted by molar-refractivity contribution is -0.131. The maximum atomic E-state index is 13.3. The molecule has 0 aromatic heterocycles. The summed E-state index contributed by atoms with van der Waals surface area (Å²) in [5.41, 5.74) is 3.10. The third kappa shape index (κ3) is 12.9. The quantitative estimate of drug-likeness (QED) is 0.0355. The predicted octanol–water partition coefficient (Wildman–Crippen LogP) is 5.73. The predicted molar refractivity (Wildman–Crippen MR) is 197 cm³/mol. The maximum Gasteiger partial charge on any atom is 0.308 e. The van der Waals surface area contributed by atoms with Crippen LogP contribution in [-0.4, -0.2) is 66.0 Å². The van der Waals surface area contributed by atoms with Crippen molar-refractivity contribution in [2.75, 3.05) is 43.5 Å². The Morgan fingerprint density at radius 1 is 0.769 bits per heavy atom. The van der Waals surface area contributed by atoms with Crippen LogP contribution in [0.15, 0.2) is 91.0 Å². The summed E-state index contributed by atoms with van der Waals surface area (Å²) in [6.45, 7) is 3.94. The van der Waals surface area contributed by atoms with Crippen molar-refractivity contribution in [2.45, 2.75) is 51.9 Å². The Morgan fingerprint density at radius 3 is 2.33 bits per heavy atom. The zero-order valence-electron chi connectivity index (χ0n) is 29.3. The zero-order chi connectivity index (χ0) is 37.1. The molecule has 2 amide bonds. The van der Waals surface area contributed by atoms with Crippen molar-refractivity contribution in [3.8, 4) is 11.5 Å². The molecule has 12 heteroatoms. The number of hydrogen-bond donors (Lipinski definition) is 6. The summed E-state index contributed by atoms with van der Waals surface area (Å²) in [6.07, 6.45) is 3.25. The summed E-state index contributed by atoms with van der Waals surface area (Å²) in [6, 6.07) is 25.2. The van der Waals surface area contributed by atoms with E-state index >= 15 is 0 Å². The molecule has 4 aromatic rings. The first kappa shape index (κ1) is 39.7. The van der Waals surface area contributed by atoms with Gasteiger partial charge in [-0.2, -0.15) is 0 Å². The number of aliphatic hydroxyl groups is 2. The number of esters is 1. The number of aromatic hydroxyl groups is 1. The molecule has 12 nitrogen and oxygen atoms in total. The van der Waals surface area contributed by atoms with E-state index in [1.54, 1.807) is 72.8 Å². The van der Waals surface area contributed by atoms with E-state index in [9.17, 15) is 29.7 Å². The minimum Gasteiger partial charge on any atom is -0.508 e. The van der Waals surface area contributed by atoms with Gasteiger partial charge in [0.05, 0.1) is 43.8 Å². The highest BCUT2D eigenvalue weighted by atomic mass is 16.5. The highest BCUT2D eigenvalue weighted by Crippen LogP contribution is 2.31. The van der Waals surface area contributed by atoms with Crippen molar-refractivity contribution in [3.05, 3.63) is 119 Å². The first-order valence-corrected chi connectivity index (χ1v) is 17.3. The van der Waals surface area contributed by atoms with Crippen LogP contribution in [0.1, 0.15) is 76.1 Å². The van der Waals surface area contributed by atoms with Crippen LogP contribution in [-0.2, 0) is 27.5 Å². The smallest absolute Gasteiger partial charge is 0.308 e. The van der Waals surface area contributed by atoms with E-state index in [0.29, 0.717) is 55.4 Å². The van der Waals surface area contributed by atoms with Crippen LogP contribution in [0.5, 0.6) is 11.5 Å². The molecular weight excluding hydrogens is 666 g/mol. The molecule has 0 heterocycles. The van der Waals surface area contributed by atoms with Gasteiger partial charge in [0, 0.05) is 36.9 Å². The number of amides is 2. The van der Waals surface area contributed by atoms with Gasteiger partial charge in [-0.3, -0.25) is 14.4 Å². The molecule has 0 spiro atoms. The first-order chi connectivity index (χ1) is 25.2. The van der Waals surface area contributed by atoms with E-state index in [-0.39, 0.29) is 29.4 Å². The van der Waals surface area contributed by atoms with E-state index in [0.717, 1.165) is 37.8 Å². The van der Waals surface area contributed by atoms with Gasteiger partial charge in [0.2, 0.25) is 0 Å². The number of anilines is 2. The van der Waals surface area contributed by atoms with Gasteiger partial charge in [0.25, 0.3) is 11.8 Å². The van der Waals surface area contributed by atoms with E-state index in [1.807, 2.05) is 6.07 Å². The van der Waals surface area contributed by atoms with Crippen LogP contribution < -0.4 is 20.7 Å². The molecule has 52 heavy (non-hydrogen) atoms. The lowest BCUT2D eigenvalue weighted by Crippen LogP contribution is -2.22. The first-order valence-electron chi connectivity index (χ1n) is 17.3. The third-order valence-electron chi connectivity index (χ3n) is 8.00. The van der Waals surface area contributed by atoms with Crippen LogP contribution in [0, 0.1) is 0 Å². The average molecular weight is 714 g/mol. The molecular formula is C40H47N3O9. The largest absolute Gasteiger partial charge is 0.508 e. The van der Waals surface area contributed by atoms with Crippen LogP contribution in [0.4, 0.5) is 11.4 Å². The molecule has 0 aliphatic carbocycles. The summed E-state index contributed by atoms with van der Waals surface area (Å²) < 4.78 is 16.9. The molecule has 0 saturated carbocycles. The fraction of sp³-hybridized carbons (Fsp3) is 0.325. The summed E-state index contributed by atoms with van der Waals surface area (Å²) in [5.74, 6) is -1.60. The molecule has 0 bridgehead atoms. The minimum atomic E-state index is -0.716. The van der Waals surface area contributed by atoms with E-state index < -0.39 is 23.9 Å². The Hall–Kier alpha value is -5.11. The van der Waals surface area contributed by atoms with Crippen molar-refractivity contribution < 1.29 is 43.9 Å². The Balaban J connectivity index is 1.11. The summed E-state index contributed by atoms with van der Waals surface area (Å²) >= 11 is 0. The van der Waals surface area contributed by atoms with Gasteiger partial charge in [-0.1, -0.05) is 55.3 Å². The lowest BCUT2D eigenvalue weighted by Gasteiger charge is -2.15. The minimum absolute atomic E-state index is 0.0155. The normalized spacial score (nSPS) is 11.5. The molecule has 4 aromatic carbocycles. The Morgan fingerprint density at radius 2 is 1.54 bits per heavy atom. The Labute approximate surface area is 303 Å². The van der Waals surface area contributed by atoms with Crippen molar-refractivity contribution in [2.24, 2.45) is 0 Å². The molecule has 0 radical (unpaired) electrons. The Bertz CT molecular complexity index is 1750. The molecule has 0 aliphatic rings. The second-order valence-electron chi connectivity index (χ2n) is 12.1. The van der Waals surface area contributed by atoms with Crippen molar-refractivity contribution in [1.82, 2.24) is 5.32 Å². The second kappa shape index (κ2) is 21.3. The van der Waals surface area contributed by atoms with Crippen molar-refractivity contribution in [3.63, 3.8) is 0 Å². The van der Waals surface area contributed by atoms with Gasteiger partial charge in [-0.15, -0.1) is 0 Å². The van der Waals surface area contributed by atoms with Gasteiger partial charge in [0.1, 0.15) is 5.75 Å². The monoisotopic (exact) mass is 713 g/mol. The number of hydrogen-bond acceptors (Lipinski definition) is 10. The average Bonchev–Trinajstić information content (AvgIpc) is 3.14. The highest BCUT2D eigenvalue weighted by molar-refractivity contribution is 6.10. The fourth-order valence-electron chi connectivity index (χ4n) is 5.30. The number of para-hydroxylation sites is 1. The Kier molecular flexibility index (Phi) is 16.3. The molecule has 1 atom stereocenters. The number of aliphatic hydroxyl groups excluding tert-OH is 2. The molecule has 6 N–H and O–H groups in total. The van der Waals surface area contributed by atoms with Crippen molar-refractivity contribution >= 4 is 29.2 Å². The summed E-state index contributed by atoms with van der Waals surface area (Å²) in [7, 11) is 0. The molecule has 0 saturated heterocycles. The SMILES string of the molecule is CC(=O)Oc1c(NC(=O)c2ccccc2)cccc1C(=O)Nc1cccc(COCCOCCCCCCNC[C@H](O)c2ccc(O)c(CO)c2)c1. The van der Waals surface area contributed by atoms with Gasteiger partial charge in [0.15, 0.2) is 5.75 Å². The summed E-state index contributed by atoms with van der Waals surface area (Å²) in [5, 5.41) is 38.1. The topological polar surface area (TPSA) is 176 Å². The number of carbonyl (C=O) groups is 3. The number of nitrogens with one attached hydrogen (secondary N) is 3. The van der Waals surface area contributed by atoms with Crippen LogP contribution in [0.3, 0.4) is 0 Å². The lowest BCUT2D eigenvalue weighted by atomic mass is 10.1. The van der Waals surface area contributed by atoms with Crippen LogP contribution in [0.25, 0.3) is 0 Å². The van der Waals surface area contributed by atoms with Gasteiger partial charge in [-0.05, 0) is 79.0 Å². The number of carbonyl (C=O) groups excluding carboxylic acids is 3. The number of benzene rings is 4. The third-order valence-corrected chi connectivity index (χ3v) is 8.00. The number of unbranched alkanes of at least 4 members (excludes halogenated alkanes) is 3. The van der Waals surface area contributed by atoms with Crippen LogP contribution in [0.2, 0.25) is 0 Å². The van der Waals surface area contributed by atoms with Gasteiger partial charge in [-0.25, -0.2) is 0 Å². The zero-order valence-corrected chi connectivity index (χ0v) is 29.3. The van der Waals surface area contributed by atoms with Gasteiger partial charge < -0.3 is 45.5 Å². The number of phenols is 1. The molecule has 0 unspecified atom stereocenters. The van der Waals surface area contributed by atoms with E-state index in [4.69, 9.17) is 14.2 Å². The van der Waals surface area contributed by atoms with E-state index in [1.165, 1.54) is 19.1 Å². The maximum absolute atomic E-state index is 13.3. The van der Waals surface area contributed by atoms with Crippen LogP contribution >= 0.6 is 0 Å². The highest BCUT2D eigenvalue weighted by Gasteiger charge is 2.20. The second-order valence-corrected chi connectivity index (χ2v) is 12.1. The number of rotatable bonds is 21. The number of ether oxygens (including phenoxy) is 3. The standard InChI is InChI=1S/C40H47N3O9/c1-28(45)52-38-34(15-10-16-35(38)43-39(48)30-12-5-4-6-13-30)40(49)42-33-14-9-11-29(23-33)27-51-22-21-50-20-8-3-2-7-19-41-25-37(47)31-17-18-36(46)32(24-31)26-44/h4-6,9-18,23-24,37,41,44,46-47H,2-3,7-8,19-22,25-27H2,1H3,(H,42,49)(H,43,48)/t37-/m0/s1. The molecule has 0 fully saturated rings. The summed E-state index contributed by atoms with van der Waals surface area (Å²) in [4.78, 5) is 38.0. The van der Waals surface area contributed by atoms with Crippen molar-refractivity contribution in [1.29, 1.82) is 0 Å². The van der Waals surface area contributed by atoms with E-state index in [2.05, 4.69) is 16.0 Å². The fourth-order valence-corrected chi connectivity index (χ4v) is 5.30. The van der Waals surface area contributed by atoms with Gasteiger partial charge >= 0.3 is 5.97 Å².